The summed E-state index contributed by atoms with van der Waals surface area (Å²) in [5, 5.41) is 9.63. The highest BCUT2D eigenvalue weighted by atomic mass is 35.5. The Bertz CT molecular complexity index is 690. The van der Waals surface area contributed by atoms with Gasteiger partial charge in [0.2, 0.25) is 11.8 Å². The number of aromatic nitrogens is 1. The lowest BCUT2D eigenvalue weighted by molar-refractivity contribution is -0.118. The van der Waals surface area contributed by atoms with E-state index in [1.165, 1.54) is 11.8 Å². The number of thioether (sulfide) groups is 1. The van der Waals surface area contributed by atoms with E-state index >= 15 is 0 Å². The third kappa shape index (κ3) is 5.96. The number of aryl methyl sites for hydroxylation is 1. The van der Waals surface area contributed by atoms with Gasteiger partial charge in [-0.2, -0.15) is 0 Å². The van der Waals surface area contributed by atoms with E-state index in [9.17, 15) is 9.59 Å². The van der Waals surface area contributed by atoms with E-state index in [-0.39, 0.29) is 23.3 Å². The number of hydrogen-bond acceptors (Lipinski definition) is 5. The van der Waals surface area contributed by atoms with Crippen molar-refractivity contribution in [1.29, 1.82) is 0 Å². The summed E-state index contributed by atoms with van der Waals surface area (Å²) < 4.78 is 4.85. The van der Waals surface area contributed by atoms with Gasteiger partial charge in [-0.25, -0.2) is 0 Å². The molecule has 0 unspecified atom stereocenters. The molecule has 1 aromatic heterocycles. The average molecular weight is 354 g/mol. The molecular formula is C15H16ClN3O3S. The fourth-order valence-corrected chi connectivity index (χ4v) is 2.58. The molecule has 0 aliphatic carbocycles. The Hall–Kier alpha value is -1.99. The van der Waals surface area contributed by atoms with Crippen molar-refractivity contribution in [3.8, 4) is 0 Å². The fourth-order valence-electron chi connectivity index (χ4n) is 1.73. The molecule has 122 valence electrons. The van der Waals surface area contributed by atoms with E-state index in [1.54, 1.807) is 19.1 Å². The van der Waals surface area contributed by atoms with Crippen molar-refractivity contribution in [2.45, 2.75) is 13.5 Å². The Kier molecular flexibility index (Phi) is 6.49. The van der Waals surface area contributed by atoms with E-state index in [4.69, 9.17) is 16.1 Å². The number of benzene rings is 1. The average Bonchev–Trinajstić information content (AvgIpc) is 2.91. The minimum atomic E-state index is -0.234. The fraction of sp³-hybridized carbons (Fsp3) is 0.267. The maximum atomic E-state index is 11.7. The lowest BCUT2D eigenvalue weighted by atomic mass is 10.2. The first-order valence-corrected chi connectivity index (χ1v) is 8.39. The normalized spacial score (nSPS) is 10.3. The van der Waals surface area contributed by atoms with Crippen LogP contribution >= 0.6 is 23.4 Å². The van der Waals surface area contributed by atoms with Gasteiger partial charge in [0.1, 0.15) is 5.76 Å². The highest BCUT2D eigenvalue weighted by molar-refractivity contribution is 8.00. The number of halogens is 1. The van der Waals surface area contributed by atoms with Crippen molar-refractivity contribution in [1.82, 2.24) is 10.5 Å². The van der Waals surface area contributed by atoms with E-state index in [2.05, 4.69) is 15.8 Å². The van der Waals surface area contributed by atoms with Crippen LogP contribution in [0.2, 0.25) is 5.02 Å². The molecule has 6 nitrogen and oxygen atoms in total. The van der Waals surface area contributed by atoms with Crippen LogP contribution in [0, 0.1) is 6.92 Å². The molecule has 1 aromatic carbocycles. The van der Waals surface area contributed by atoms with Crippen molar-refractivity contribution in [3.63, 3.8) is 0 Å². The van der Waals surface area contributed by atoms with Crippen LogP contribution < -0.4 is 10.6 Å². The lowest BCUT2D eigenvalue weighted by Gasteiger charge is -2.06. The zero-order valence-electron chi connectivity index (χ0n) is 12.5. The molecule has 0 fully saturated rings. The molecule has 0 aliphatic rings. The van der Waals surface area contributed by atoms with Crippen LogP contribution in [0.5, 0.6) is 0 Å². The van der Waals surface area contributed by atoms with Crippen LogP contribution in [0.1, 0.15) is 11.3 Å². The summed E-state index contributed by atoms with van der Waals surface area (Å²) in [6.45, 7) is 2.10. The Morgan fingerprint density at radius 2 is 2.00 bits per heavy atom. The van der Waals surface area contributed by atoms with E-state index in [1.807, 2.05) is 18.2 Å². The topological polar surface area (TPSA) is 84.2 Å². The highest BCUT2D eigenvalue weighted by Gasteiger charge is 2.08. The molecule has 0 spiro atoms. The van der Waals surface area contributed by atoms with Crippen LogP contribution in [0.25, 0.3) is 0 Å². The van der Waals surface area contributed by atoms with Crippen molar-refractivity contribution in [2.75, 3.05) is 16.8 Å². The summed E-state index contributed by atoms with van der Waals surface area (Å²) in [5.74, 6) is 0.951. The molecule has 0 aliphatic heterocycles. The van der Waals surface area contributed by atoms with Gasteiger partial charge in [-0.15, -0.1) is 11.8 Å². The number of anilines is 1. The second-order valence-electron chi connectivity index (χ2n) is 4.73. The monoisotopic (exact) mass is 353 g/mol. The zero-order chi connectivity index (χ0) is 16.7. The summed E-state index contributed by atoms with van der Waals surface area (Å²) in [6, 6.07) is 8.94. The predicted octanol–water partition coefficient (Wildman–Crippen LogP) is 2.62. The van der Waals surface area contributed by atoms with E-state index in [0.29, 0.717) is 23.1 Å². The smallest absolute Gasteiger partial charge is 0.235 e. The van der Waals surface area contributed by atoms with Crippen molar-refractivity contribution in [2.24, 2.45) is 0 Å². The van der Waals surface area contributed by atoms with Gasteiger partial charge in [0.15, 0.2) is 5.82 Å². The Morgan fingerprint density at radius 3 is 2.70 bits per heavy atom. The van der Waals surface area contributed by atoms with E-state index in [0.717, 1.165) is 5.56 Å². The summed E-state index contributed by atoms with van der Waals surface area (Å²) in [7, 11) is 0. The van der Waals surface area contributed by atoms with Crippen LogP contribution in [-0.4, -0.2) is 28.5 Å². The number of carbonyl (C=O) groups is 2. The summed E-state index contributed by atoms with van der Waals surface area (Å²) in [5.41, 5.74) is 0.853. The van der Waals surface area contributed by atoms with Crippen LogP contribution in [0.15, 0.2) is 34.9 Å². The number of rotatable bonds is 7. The SMILES string of the molecule is Cc1cc(NC(=O)CSCC(=O)NCc2ccccc2Cl)no1. The number of carbonyl (C=O) groups excluding carboxylic acids is 2. The summed E-state index contributed by atoms with van der Waals surface area (Å²) in [4.78, 5) is 23.4. The van der Waals surface area contributed by atoms with Crippen molar-refractivity contribution >= 4 is 41.0 Å². The Morgan fingerprint density at radius 1 is 1.26 bits per heavy atom. The van der Waals surface area contributed by atoms with Gasteiger partial charge in [0.25, 0.3) is 0 Å². The first-order valence-electron chi connectivity index (χ1n) is 6.85. The van der Waals surface area contributed by atoms with Gasteiger partial charge < -0.3 is 15.2 Å². The quantitative estimate of drug-likeness (QED) is 0.799. The number of nitrogens with one attached hydrogen (secondary N) is 2. The standard InChI is InChI=1S/C15H16ClN3O3S/c1-10-6-13(19-22-10)18-15(21)9-23-8-14(20)17-7-11-4-2-3-5-12(11)16/h2-6H,7-9H2,1H3,(H,17,20)(H,18,19,21). The predicted molar refractivity (Wildman–Crippen MR) is 90.5 cm³/mol. The zero-order valence-corrected chi connectivity index (χ0v) is 14.0. The number of hydrogen-bond donors (Lipinski definition) is 2. The highest BCUT2D eigenvalue weighted by Crippen LogP contribution is 2.14. The molecule has 2 rings (SSSR count). The van der Waals surface area contributed by atoms with Gasteiger partial charge in [-0.1, -0.05) is 35.0 Å². The van der Waals surface area contributed by atoms with Crippen molar-refractivity contribution in [3.05, 3.63) is 46.7 Å². The second-order valence-corrected chi connectivity index (χ2v) is 6.12. The molecule has 23 heavy (non-hydrogen) atoms. The number of amides is 2. The number of nitrogens with zero attached hydrogens (tertiary/aromatic N) is 1. The molecule has 2 amide bonds. The largest absolute Gasteiger partial charge is 0.360 e. The second kappa shape index (κ2) is 8.59. The molecular weight excluding hydrogens is 338 g/mol. The van der Waals surface area contributed by atoms with Crippen LogP contribution in [0.4, 0.5) is 5.82 Å². The molecule has 0 saturated heterocycles. The minimum Gasteiger partial charge on any atom is -0.360 e. The molecule has 0 saturated carbocycles. The molecule has 0 radical (unpaired) electrons. The van der Waals surface area contributed by atoms with E-state index < -0.39 is 0 Å². The van der Waals surface area contributed by atoms with Gasteiger partial charge in [0, 0.05) is 17.6 Å². The Labute approximate surface area is 142 Å². The summed E-state index contributed by atoms with van der Waals surface area (Å²) >= 11 is 7.23. The van der Waals surface area contributed by atoms with Crippen LogP contribution in [-0.2, 0) is 16.1 Å². The maximum Gasteiger partial charge on any atom is 0.235 e. The van der Waals surface area contributed by atoms with Gasteiger partial charge in [-0.3, -0.25) is 9.59 Å². The van der Waals surface area contributed by atoms with Gasteiger partial charge in [0.05, 0.1) is 11.5 Å². The Balaban J connectivity index is 1.64. The third-order valence-corrected chi connectivity index (χ3v) is 4.10. The van der Waals surface area contributed by atoms with Gasteiger partial charge >= 0.3 is 0 Å². The van der Waals surface area contributed by atoms with Crippen LogP contribution in [0.3, 0.4) is 0 Å². The summed E-state index contributed by atoms with van der Waals surface area (Å²) in [6.07, 6.45) is 0. The molecule has 1 heterocycles. The molecule has 0 bridgehead atoms. The lowest BCUT2D eigenvalue weighted by Crippen LogP contribution is -2.25. The van der Waals surface area contributed by atoms with Crippen molar-refractivity contribution < 1.29 is 14.1 Å². The molecule has 0 atom stereocenters. The first-order chi connectivity index (χ1) is 11.0. The maximum absolute atomic E-state index is 11.7. The third-order valence-electron chi connectivity index (χ3n) is 2.80. The molecule has 2 N–H and O–H groups in total. The van der Waals surface area contributed by atoms with Gasteiger partial charge in [-0.05, 0) is 18.6 Å². The minimum absolute atomic E-state index is 0.153. The molecule has 2 aromatic rings. The molecule has 8 heteroatoms. The first kappa shape index (κ1) is 17.4.